The molecule has 0 aliphatic heterocycles. The summed E-state index contributed by atoms with van der Waals surface area (Å²) in [5.41, 5.74) is -0.417. The van der Waals surface area contributed by atoms with Gasteiger partial charge < -0.3 is 5.11 Å². The molecule has 8 heteroatoms. The van der Waals surface area contributed by atoms with Gasteiger partial charge in [0.25, 0.3) is 0 Å². The molecule has 0 bridgehead atoms. The van der Waals surface area contributed by atoms with Crippen LogP contribution in [0.25, 0.3) is 0 Å². The normalized spacial score (nSPS) is 11.8. The fraction of sp³-hybridized carbons (Fsp3) is 0.417. The van der Waals surface area contributed by atoms with E-state index < -0.39 is 21.6 Å². The second-order valence-corrected chi connectivity index (χ2v) is 7.14. The van der Waals surface area contributed by atoms with Gasteiger partial charge in [-0.1, -0.05) is 37.0 Å². The van der Waals surface area contributed by atoms with Crippen molar-refractivity contribution < 1.29 is 18.3 Å². The molecule has 112 valence electrons. The summed E-state index contributed by atoms with van der Waals surface area (Å²) in [6.07, 6.45) is 0.663. The molecular formula is C12H15Cl2NO4S. The van der Waals surface area contributed by atoms with Crippen molar-refractivity contribution in [3.8, 4) is 0 Å². The molecule has 0 unspecified atom stereocenters. The van der Waals surface area contributed by atoms with E-state index in [4.69, 9.17) is 28.3 Å². The first-order valence-corrected chi connectivity index (χ1v) is 8.11. The van der Waals surface area contributed by atoms with Crippen molar-refractivity contribution in [1.29, 1.82) is 0 Å². The van der Waals surface area contributed by atoms with Gasteiger partial charge in [-0.3, -0.25) is 0 Å². The van der Waals surface area contributed by atoms with Crippen molar-refractivity contribution >= 4 is 39.2 Å². The molecule has 0 aliphatic carbocycles. The number of carboxylic acids is 1. The van der Waals surface area contributed by atoms with E-state index in [0.29, 0.717) is 12.3 Å². The zero-order valence-corrected chi connectivity index (χ0v) is 13.3. The van der Waals surface area contributed by atoms with Crippen LogP contribution in [0.3, 0.4) is 0 Å². The van der Waals surface area contributed by atoms with Gasteiger partial charge in [-0.25, -0.2) is 17.9 Å². The van der Waals surface area contributed by atoms with Gasteiger partial charge in [-0.15, -0.1) is 0 Å². The van der Waals surface area contributed by atoms with Crippen LogP contribution in [0.15, 0.2) is 17.0 Å². The molecule has 0 spiro atoms. The van der Waals surface area contributed by atoms with E-state index in [1.807, 2.05) is 13.8 Å². The lowest BCUT2D eigenvalue weighted by molar-refractivity contribution is 0.0697. The van der Waals surface area contributed by atoms with E-state index in [2.05, 4.69) is 4.72 Å². The van der Waals surface area contributed by atoms with Crippen molar-refractivity contribution in [1.82, 2.24) is 4.72 Å². The van der Waals surface area contributed by atoms with Crippen molar-refractivity contribution in [2.45, 2.75) is 25.2 Å². The predicted molar refractivity (Wildman–Crippen MR) is 78.1 cm³/mol. The Morgan fingerprint density at radius 3 is 2.45 bits per heavy atom. The molecule has 0 fully saturated rings. The third-order valence-corrected chi connectivity index (χ3v) is 4.90. The maximum absolute atomic E-state index is 12.1. The number of aromatic carboxylic acids is 1. The first-order valence-electron chi connectivity index (χ1n) is 5.87. The molecular weight excluding hydrogens is 325 g/mol. The van der Waals surface area contributed by atoms with Crippen LogP contribution in [-0.4, -0.2) is 26.0 Å². The number of rotatable bonds is 6. The van der Waals surface area contributed by atoms with E-state index >= 15 is 0 Å². The molecule has 1 aromatic carbocycles. The van der Waals surface area contributed by atoms with Crippen molar-refractivity contribution in [2.75, 3.05) is 6.54 Å². The Balaban J connectivity index is 3.13. The maximum atomic E-state index is 12.1. The fourth-order valence-corrected chi connectivity index (χ4v) is 3.46. The molecule has 5 nitrogen and oxygen atoms in total. The number of halogens is 2. The highest BCUT2D eigenvalue weighted by molar-refractivity contribution is 7.89. The van der Waals surface area contributed by atoms with Crippen LogP contribution in [0.1, 0.15) is 30.6 Å². The van der Waals surface area contributed by atoms with E-state index in [0.717, 1.165) is 0 Å². The Hall–Kier alpha value is -0.820. The first kappa shape index (κ1) is 17.2. The van der Waals surface area contributed by atoms with Gasteiger partial charge in [0.2, 0.25) is 10.0 Å². The Morgan fingerprint density at radius 2 is 1.95 bits per heavy atom. The lowest BCUT2D eigenvalue weighted by Crippen LogP contribution is -2.26. The number of carboxylic acid groups (broad SMARTS) is 1. The minimum absolute atomic E-state index is 0.108. The van der Waals surface area contributed by atoms with Crippen LogP contribution in [0.5, 0.6) is 0 Å². The summed E-state index contributed by atoms with van der Waals surface area (Å²) in [7, 11) is -3.86. The molecule has 1 aromatic rings. The van der Waals surface area contributed by atoms with Gasteiger partial charge >= 0.3 is 5.97 Å². The zero-order valence-electron chi connectivity index (χ0n) is 11.0. The van der Waals surface area contributed by atoms with E-state index in [1.165, 1.54) is 12.1 Å². The van der Waals surface area contributed by atoms with Crippen LogP contribution in [-0.2, 0) is 10.0 Å². The van der Waals surface area contributed by atoms with Crippen LogP contribution >= 0.6 is 23.2 Å². The molecule has 20 heavy (non-hydrogen) atoms. The Bertz CT molecular complexity index is 614. The smallest absolute Gasteiger partial charge is 0.338 e. The van der Waals surface area contributed by atoms with Crippen molar-refractivity contribution in [3.05, 3.63) is 27.7 Å². The van der Waals surface area contributed by atoms with E-state index in [9.17, 15) is 13.2 Å². The molecule has 0 amide bonds. The summed E-state index contributed by atoms with van der Waals surface area (Å²) in [6.45, 7) is 4.18. The predicted octanol–water partition coefficient (Wildman–Crippen LogP) is 3.02. The number of hydrogen-bond acceptors (Lipinski definition) is 3. The van der Waals surface area contributed by atoms with E-state index in [1.54, 1.807) is 0 Å². The summed E-state index contributed by atoms with van der Waals surface area (Å²) in [4.78, 5) is 10.8. The van der Waals surface area contributed by atoms with Gasteiger partial charge in [-0.05, 0) is 24.5 Å². The largest absolute Gasteiger partial charge is 0.478 e. The number of hydrogen-bond donors (Lipinski definition) is 2. The average Bonchev–Trinajstić information content (AvgIpc) is 2.26. The monoisotopic (exact) mass is 339 g/mol. The SMILES string of the molecule is CC(C)CCNS(=O)(=O)c1ccc(Cl)c(C(=O)O)c1Cl. The van der Waals surface area contributed by atoms with Gasteiger partial charge in [0.15, 0.2) is 0 Å². The minimum Gasteiger partial charge on any atom is -0.478 e. The van der Waals surface area contributed by atoms with Gasteiger partial charge in [0.05, 0.1) is 15.6 Å². The lowest BCUT2D eigenvalue weighted by atomic mass is 10.1. The summed E-state index contributed by atoms with van der Waals surface area (Å²) < 4.78 is 26.6. The molecule has 0 aliphatic rings. The highest BCUT2D eigenvalue weighted by Crippen LogP contribution is 2.30. The summed E-state index contributed by atoms with van der Waals surface area (Å²) in [5, 5.41) is 8.51. The fourth-order valence-electron chi connectivity index (χ4n) is 1.50. The van der Waals surface area contributed by atoms with Crippen LogP contribution < -0.4 is 4.72 Å². The van der Waals surface area contributed by atoms with E-state index in [-0.39, 0.29) is 21.5 Å². The quantitative estimate of drug-likeness (QED) is 0.834. The standard InChI is InChI=1S/C12H15Cl2NO4S/c1-7(2)5-6-15-20(18,19)9-4-3-8(13)10(11(9)14)12(16)17/h3-4,7,15H,5-6H2,1-2H3,(H,16,17). The molecule has 0 heterocycles. The zero-order chi connectivity index (χ0) is 15.5. The topological polar surface area (TPSA) is 83.5 Å². The Morgan fingerprint density at radius 1 is 1.35 bits per heavy atom. The second-order valence-electron chi connectivity index (χ2n) is 4.62. The first-order chi connectivity index (χ1) is 9.16. The van der Waals surface area contributed by atoms with Crippen molar-refractivity contribution in [2.24, 2.45) is 5.92 Å². The molecule has 0 radical (unpaired) electrons. The second kappa shape index (κ2) is 6.76. The number of nitrogens with one attached hydrogen (secondary N) is 1. The molecule has 2 N–H and O–H groups in total. The number of sulfonamides is 1. The Kier molecular flexibility index (Phi) is 5.82. The molecule has 0 saturated heterocycles. The summed E-state index contributed by atoms with van der Waals surface area (Å²) in [6, 6.07) is 2.39. The van der Waals surface area contributed by atoms with Crippen LogP contribution in [0, 0.1) is 5.92 Å². The highest BCUT2D eigenvalue weighted by atomic mass is 35.5. The van der Waals surface area contributed by atoms with Crippen LogP contribution in [0.4, 0.5) is 0 Å². The third kappa shape index (κ3) is 4.09. The molecule has 0 atom stereocenters. The van der Waals surface area contributed by atoms with Crippen molar-refractivity contribution in [3.63, 3.8) is 0 Å². The molecule has 0 saturated carbocycles. The van der Waals surface area contributed by atoms with Gasteiger partial charge in [-0.2, -0.15) is 0 Å². The average molecular weight is 340 g/mol. The lowest BCUT2D eigenvalue weighted by Gasteiger charge is -2.11. The summed E-state index contributed by atoms with van der Waals surface area (Å²) >= 11 is 11.6. The van der Waals surface area contributed by atoms with Crippen LogP contribution in [0.2, 0.25) is 10.0 Å². The summed E-state index contributed by atoms with van der Waals surface area (Å²) in [5.74, 6) is -1.03. The Labute approximate surface area is 127 Å². The van der Waals surface area contributed by atoms with Gasteiger partial charge in [0, 0.05) is 6.54 Å². The maximum Gasteiger partial charge on any atom is 0.338 e. The third-order valence-electron chi connectivity index (χ3n) is 2.57. The van der Waals surface area contributed by atoms with Gasteiger partial charge in [0.1, 0.15) is 4.90 Å². The number of benzene rings is 1. The molecule has 0 aromatic heterocycles. The highest BCUT2D eigenvalue weighted by Gasteiger charge is 2.24. The number of carbonyl (C=O) groups is 1. The molecule has 1 rings (SSSR count). The minimum atomic E-state index is -3.86.